The zero-order chi connectivity index (χ0) is 32.0. The Hall–Kier alpha value is -4.25. The minimum Gasteiger partial charge on any atom is -0.395 e. The maximum Gasteiger partial charge on any atom is 0.325 e. The molecule has 0 aliphatic carbocycles. The Morgan fingerprint density at radius 2 is 1.78 bits per heavy atom. The largest absolute Gasteiger partial charge is 0.395 e. The number of likely N-dealkylation sites (tertiary alicyclic amines) is 1. The highest BCUT2D eigenvalue weighted by molar-refractivity contribution is 6.04. The van der Waals surface area contributed by atoms with Crippen LogP contribution in [0, 0.1) is 0 Å². The highest BCUT2D eigenvalue weighted by Gasteiger charge is 2.22. The van der Waals surface area contributed by atoms with E-state index in [1.165, 1.54) is 5.56 Å². The smallest absolute Gasteiger partial charge is 0.325 e. The van der Waals surface area contributed by atoms with Crippen LogP contribution in [0.3, 0.4) is 0 Å². The molecule has 0 spiro atoms. The van der Waals surface area contributed by atoms with E-state index < -0.39 is 0 Å². The maximum absolute atomic E-state index is 13.2. The number of benzene rings is 2. The number of hydrogen-bond acceptors (Lipinski definition) is 7. The number of β-amino-alcohol motifs (C(OH)–C–C–N with tert-alkyl or cyclic N) is 1. The summed E-state index contributed by atoms with van der Waals surface area (Å²) in [6.45, 7) is 7.65. The number of hydrogen-bond donors (Lipinski definition) is 3. The summed E-state index contributed by atoms with van der Waals surface area (Å²) in [5.74, 6) is 0.708. The molecule has 1 fully saturated rings. The topological polar surface area (TPSA) is 112 Å². The van der Waals surface area contributed by atoms with Crippen LogP contribution in [0.25, 0.3) is 10.9 Å². The van der Waals surface area contributed by atoms with Gasteiger partial charge in [-0.25, -0.2) is 9.78 Å². The normalized spacial score (nSPS) is 14.4. The molecule has 4 aromatic rings. The number of carbonyl (C=O) groups excluding carboxylic acids is 2. The molecular formula is C35H44N6O4. The van der Waals surface area contributed by atoms with E-state index in [-0.39, 0.29) is 24.1 Å². The van der Waals surface area contributed by atoms with Gasteiger partial charge in [-0.2, -0.15) is 0 Å². The average molecular weight is 613 g/mol. The lowest BCUT2D eigenvalue weighted by Gasteiger charge is -2.31. The monoisotopic (exact) mass is 612 g/mol. The van der Waals surface area contributed by atoms with Crippen molar-refractivity contribution in [3.8, 4) is 0 Å². The molecule has 0 atom stereocenters. The SMILES string of the molecule is CNC(=O)n1ccc2cc(N(CCC(C)(C)OC)c3ccnc(NC(=O)c4ccc(C5CCN(CCO)CC5)cc4)c3)ccc21. The van der Waals surface area contributed by atoms with Crippen LogP contribution in [0.1, 0.15) is 54.9 Å². The van der Waals surface area contributed by atoms with Crippen molar-refractivity contribution in [2.24, 2.45) is 0 Å². The van der Waals surface area contributed by atoms with E-state index in [2.05, 4.69) is 57.5 Å². The highest BCUT2D eigenvalue weighted by Crippen LogP contribution is 2.32. The summed E-state index contributed by atoms with van der Waals surface area (Å²) in [7, 11) is 3.33. The van der Waals surface area contributed by atoms with Gasteiger partial charge in [-0.1, -0.05) is 12.1 Å². The van der Waals surface area contributed by atoms with E-state index in [0.29, 0.717) is 23.8 Å². The molecule has 238 valence electrons. The molecule has 45 heavy (non-hydrogen) atoms. The standard InChI is InChI=1S/C35H44N6O4/c1-35(2,45-4)15-20-40(29-9-10-31-28(23-29)14-19-41(31)34(44)36-3)30-11-16-37-32(24-30)38-33(43)27-7-5-25(6-8-27)26-12-17-39(18-13-26)21-22-42/h5-11,14,16,19,23-24,26,42H,12-13,15,17-18,20-22H2,1-4H3,(H,36,44)(H,37,38,43). The van der Waals surface area contributed by atoms with E-state index >= 15 is 0 Å². The summed E-state index contributed by atoms with van der Waals surface area (Å²) in [5.41, 5.74) is 4.13. The summed E-state index contributed by atoms with van der Waals surface area (Å²) in [6, 6.07) is 19.4. The number of aromatic nitrogens is 2. The van der Waals surface area contributed by atoms with Crippen LogP contribution in [0.2, 0.25) is 0 Å². The summed E-state index contributed by atoms with van der Waals surface area (Å²) in [5, 5.41) is 15.8. The Balaban J connectivity index is 1.33. The molecule has 3 N–H and O–H groups in total. The fourth-order valence-corrected chi connectivity index (χ4v) is 5.87. The molecular weight excluding hydrogens is 568 g/mol. The highest BCUT2D eigenvalue weighted by atomic mass is 16.5. The number of nitrogens with one attached hydrogen (secondary N) is 2. The molecule has 1 aliphatic rings. The maximum atomic E-state index is 13.2. The van der Waals surface area contributed by atoms with E-state index in [4.69, 9.17) is 4.74 Å². The Labute approximate surface area is 265 Å². The van der Waals surface area contributed by atoms with Crippen LogP contribution in [-0.4, -0.2) is 84.0 Å². The Morgan fingerprint density at radius 3 is 2.47 bits per heavy atom. The number of anilines is 3. The molecule has 0 saturated carbocycles. The number of piperidine rings is 1. The zero-order valence-electron chi connectivity index (χ0n) is 26.6. The summed E-state index contributed by atoms with van der Waals surface area (Å²) < 4.78 is 7.29. The van der Waals surface area contributed by atoms with Gasteiger partial charge in [0, 0.05) is 68.0 Å². The first-order valence-corrected chi connectivity index (χ1v) is 15.6. The fourth-order valence-electron chi connectivity index (χ4n) is 5.87. The number of fused-ring (bicyclic) bond motifs is 1. The van der Waals surface area contributed by atoms with Gasteiger partial charge in [0.25, 0.3) is 5.91 Å². The van der Waals surface area contributed by atoms with Gasteiger partial charge in [0.1, 0.15) is 5.82 Å². The van der Waals surface area contributed by atoms with Gasteiger partial charge >= 0.3 is 6.03 Å². The molecule has 2 amide bonds. The molecule has 1 aliphatic heterocycles. The van der Waals surface area contributed by atoms with Crippen molar-refractivity contribution in [3.05, 3.63) is 84.2 Å². The van der Waals surface area contributed by atoms with Gasteiger partial charge in [0.05, 0.1) is 17.7 Å². The second kappa shape index (κ2) is 14.2. The van der Waals surface area contributed by atoms with Gasteiger partial charge in [0.15, 0.2) is 0 Å². The van der Waals surface area contributed by atoms with Crippen LogP contribution < -0.4 is 15.5 Å². The number of ether oxygens (including phenoxy) is 1. The predicted octanol–water partition coefficient (Wildman–Crippen LogP) is 5.60. The summed E-state index contributed by atoms with van der Waals surface area (Å²) >= 11 is 0. The van der Waals surface area contributed by atoms with Gasteiger partial charge in [-0.05, 0) is 100 Å². The number of amides is 2. The van der Waals surface area contributed by atoms with Crippen LogP contribution >= 0.6 is 0 Å². The molecule has 2 aromatic heterocycles. The van der Waals surface area contributed by atoms with Crippen LogP contribution in [0.5, 0.6) is 0 Å². The number of aliphatic hydroxyl groups is 1. The third-order valence-electron chi connectivity index (χ3n) is 8.85. The lowest BCUT2D eigenvalue weighted by molar-refractivity contribution is 0.0176. The minimum absolute atomic E-state index is 0.194. The summed E-state index contributed by atoms with van der Waals surface area (Å²) in [6.07, 6.45) is 6.31. The second-order valence-corrected chi connectivity index (χ2v) is 12.2. The lowest BCUT2D eigenvalue weighted by Crippen LogP contribution is -2.34. The number of carbonyl (C=O) groups is 2. The van der Waals surface area contributed by atoms with Gasteiger partial charge in [-0.15, -0.1) is 0 Å². The number of rotatable bonds is 11. The van der Waals surface area contributed by atoms with Gasteiger partial charge in [0.2, 0.25) is 0 Å². The lowest BCUT2D eigenvalue weighted by atomic mass is 9.89. The van der Waals surface area contributed by atoms with Gasteiger partial charge in [-0.3, -0.25) is 9.36 Å². The number of pyridine rings is 1. The van der Waals surface area contributed by atoms with Crippen LogP contribution in [0.4, 0.5) is 22.0 Å². The fraction of sp³-hybridized carbons (Fsp3) is 0.400. The molecule has 10 nitrogen and oxygen atoms in total. The molecule has 0 bridgehead atoms. The van der Waals surface area contributed by atoms with Crippen molar-refractivity contribution in [2.75, 3.05) is 57.2 Å². The van der Waals surface area contributed by atoms with Gasteiger partial charge < -0.3 is 30.3 Å². The van der Waals surface area contributed by atoms with Crippen LogP contribution in [0.15, 0.2) is 73.1 Å². The van der Waals surface area contributed by atoms with Crippen molar-refractivity contribution in [1.82, 2.24) is 19.8 Å². The van der Waals surface area contributed by atoms with Crippen LogP contribution in [-0.2, 0) is 4.74 Å². The van der Waals surface area contributed by atoms with E-state index in [1.807, 2.05) is 42.5 Å². The Bertz CT molecular complexity index is 1610. The second-order valence-electron chi connectivity index (χ2n) is 12.2. The summed E-state index contributed by atoms with van der Waals surface area (Å²) in [4.78, 5) is 34.5. The third kappa shape index (κ3) is 7.70. The van der Waals surface area contributed by atoms with Crippen molar-refractivity contribution in [3.63, 3.8) is 0 Å². The first-order chi connectivity index (χ1) is 21.7. The van der Waals surface area contributed by atoms with Crippen molar-refractivity contribution in [2.45, 2.75) is 44.6 Å². The zero-order valence-corrected chi connectivity index (χ0v) is 26.6. The third-order valence-corrected chi connectivity index (χ3v) is 8.85. The van der Waals surface area contributed by atoms with Crippen molar-refractivity contribution < 1.29 is 19.4 Å². The minimum atomic E-state index is -0.336. The Kier molecular flexibility index (Phi) is 10.2. The van der Waals surface area contributed by atoms with E-state index in [0.717, 1.165) is 61.2 Å². The molecule has 2 aromatic carbocycles. The number of aliphatic hydroxyl groups excluding tert-OH is 1. The molecule has 0 radical (unpaired) electrons. The molecule has 1 saturated heterocycles. The van der Waals surface area contributed by atoms with E-state index in [9.17, 15) is 14.7 Å². The number of nitrogens with zero attached hydrogens (tertiary/aromatic N) is 4. The average Bonchev–Trinajstić information content (AvgIpc) is 3.49. The Morgan fingerprint density at radius 1 is 1.04 bits per heavy atom. The molecule has 5 rings (SSSR count). The van der Waals surface area contributed by atoms with E-state index in [1.54, 1.807) is 31.1 Å². The molecule has 0 unspecified atom stereocenters. The van der Waals surface area contributed by atoms with Crippen molar-refractivity contribution in [1.29, 1.82) is 0 Å². The molecule has 3 heterocycles. The first-order valence-electron chi connectivity index (χ1n) is 15.6. The predicted molar refractivity (Wildman–Crippen MR) is 179 cm³/mol. The molecule has 10 heteroatoms. The van der Waals surface area contributed by atoms with Crippen molar-refractivity contribution >= 4 is 40.0 Å². The first kappa shape index (κ1) is 32.2. The number of methoxy groups -OCH3 is 1. The quantitative estimate of drug-likeness (QED) is 0.202.